The van der Waals surface area contributed by atoms with Crippen LogP contribution in [-0.4, -0.2) is 37.6 Å². The Kier molecular flexibility index (Phi) is 5.67. The molecule has 5 nitrogen and oxygen atoms in total. The SMILES string of the molecule is O=C(NCC1CN(c2cccc(Cl)c2)C(=O)CO1)c1ccc(F)c(F)c1F. The van der Waals surface area contributed by atoms with Crippen LogP contribution in [0.15, 0.2) is 36.4 Å². The van der Waals surface area contributed by atoms with E-state index in [9.17, 15) is 22.8 Å². The highest BCUT2D eigenvalue weighted by Crippen LogP contribution is 2.22. The van der Waals surface area contributed by atoms with E-state index in [0.29, 0.717) is 16.8 Å². The fourth-order valence-electron chi connectivity index (χ4n) is 2.65. The fraction of sp³-hybridized carbons (Fsp3) is 0.222. The minimum Gasteiger partial charge on any atom is -0.365 e. The molecule has 0 aliphatic carbocycles. The Morgan fingerprint density at radius 2 is 2.00 bits per heavy atom. The van der Waals surface area contributed by atoms with E-state index in [4.69, 9.17) is 16.3 Å². The van der Waals surface area contributed by atoms with Crippen LogP contribution in [0.3, 0.4) is 0 Å². The fourth-order valence-corrected chi connectivity index (χ4v) is 2.83. The van der Waals surface area contributed by atoms with Crippen molar-refractivity contribution in [1.29, 1.82) is 0 Å². The highest BCUT2D eigenvalue weighted by Gasteiger charge is 2.28. The molecule has 1 unspecified atom stereocenters. The number of hydrogen-bond acceptors (Lipinski definition) is 3. The monoisotopic (exact) mass is 398 g/mol. The van der Waals surface area contributed by atoms with Gasteiger partial charge in [-0.1, -0.05) is 17.7 Å². The minimum absolute atomic E-state index is 0.0540. The summed E-state index contributed by atoms with van der Waals surface area (Å²) in [5, 5.41) is 2.86. The van der Waals surface area contributed by atoms with Gasteiger partial charge in [-0.3, -0.25) is 9.59 Å². The second kappa shape index (κ2) is 7.98. The van der Waals surface area contributed by atoms with Crippen LogP contribution in [0.4, 0.5) is 18.9 Å². The molecule has 1 fully saturated rings. The molecule has 1 N–H and O–H groups in total. The number of carbonyl (C=O) groups is 2. The van der Waals surface area contributed by atoms with Crippen molar-refractivity contribution in [3.63, 3.8) is 0 Å². The van der Waals surface area contributed by atoms with E-state index >= 15 is 0 Å². The van der Waals surface area contributed by atoms with Crippen LogP contribution in [0.2, 0.25) is 5.02 Å². The summed E-state index contributed by atoms with van der Waals surface area (Å²) in [6, 6.07) is 8.22. The van der Waals surface area contributed by atoms with Crippen LogP contribution >= 0.6 is 11.6 Å². The summed E-state index contributed by atoms with van der Waals surface area (Å²) in [4.78, 5) is 25.6. The molecule has 0 saturated carbocycles. The molecule has 2 amide bonds. The number of nitrogens with one attached hydrogen (secondary N) is 1. The van der Waals surface area contributed by atoms with Gasteiger partial charge in [0, 0.05) is 17.3 Å². The summed E-state index contributed by atoms with van der Waals surface area (Å²) >= 11 is 5.94. The van der Waals surface area contributed by atoms with Gasteiger partial charge < -0.3 is 15.0 Å². The maximum atomic E-state index is 13.7. The first-order valence-corrected chi connectivity index (χ1v) is 8.34. The summed E-state index contributed by atoms with van der Waals surface area (Å²) in [7, 11) is 0. The van der Waals surface area contributed by atoms with Crippen LogP contribution < -0.4 is 10.2 Å². The van der Waals surface area contributed by atoms with Gasteiger partial charge in [-0.05, 0) is 30.3 Å². The Morgan fingerprint density at radius 3 is 2.74 bits per heavy atom. The van der Waals surface area contributed by atoms with Gasteiger partial charge >= 0.3 is 0 Å². The molecular formula is C18H14ClF3N2O3. The number of benzene rings is 2. The molecule has 0 spiro atoms. The molecule has 142 valence electrons. The second-order valence-electron chi connectivity index (χ2n) is 5.85. The third-order valence-corrected chi connectivity index (χ3v) is 4.25. The minimum atomic E-state index is -1.71. The van der Waals surface area contributed by atoms with E-state index in [-0.39, 0.29) is 25.6 Å². The van der Waals surface area contributed by atoms with Crippen molar-refractivity contribution in [3.05, 3.63) is 64.4 Å². The maximum absolute atomic E-state index is 13.7. The maximum Gasteiger partial charge on any atom is 0.254 e. The van der Waals surface area contributed by atoms with Crippen molar-refractivity contribution in [2.75, 3.05) is 24.6 Å². The van der Waals surface area contributed by atoms with Crippen molar-refractivity contribution in [2.45, 2.75) is 6.10 Å². The third kappa shape index (κ3) is 4.23. The molecule has 1 atom stereocenters. The van der Waals surface area contributed by atoms with Crippen LogP contribution in [0.25, 0.3) is 0 Å². The summed E-state index contributed by atoms with van der Waals surface area (Å²) < 4.78 is 45.3. The van der Waals surface area contributed by atoms with E-state index in [1.54, 1.807) is 24.3 Å². The topological polar surface area (TPSA) is 58.6 Å². The van der Waals surface area contributed by atoms with E-state index in [0.717, 1.165) is 6.07 Å². The largest absolute Gasteiger partial charge is 0.365 e. The van der Waals surface area contributed by atoms with E-state index < -0.39 is 35.0 Å². The van der Waals surface area contributed by atoms with Gasteiger partial charge in [0.1, 0.15) is 6.61 Å². The summed E-state index contributed by atoms with van der Waals surface area (Å²) in [6.07, 6.45) is -0.570. The molecule has 0 radical (unpaired) electrons. The van der Waals surface area contributed by atoms with Crippen molar-refractivity contribution in [1.82, 2.24) is 5.32 Å². The Bertz CT molecular complexity index is 894. The van der Waals surface area contributed by atoms with Crippen LogP contribution in [0, 0.1) is 17.5 Å². The normalized spacial score (nSPS) is 17.1. The van der Waals surface area contributed by atoms with Gasteiger partial charge in [0.25, 0.3) is 11.8 Å². The van der Waals surface area contributed by atoms with Gasteiger partial charge in [0.05, 0.1) is 18.2 Å². The first-order valence-electron chi connectivity index (χ1n) is 7.96. The second-order valence-corrected chi connectivity index (χ2v) is 6.29. The molecule has 2 aromatic rings. The van der Waals surface area contributed by atoms with Crippen molar-refractivity contribution in [3.8, 4) is 0 Å². The summed E-state index contributed by atoms with van der Waals surface area (Å²) in [6.45, 7) is -0.117. The van der Waals surface area contributed by atoms with E-state index in [1.165, 1.54) is 4.90 Å². The zero-order valence-corrected chi connectivity index (χ0v) is 14.6. The van der Waals surface area contributed by atoms with Crippen LogP contribution in [0.5, 0.6) is 0 Å². The lowest BCUT2D eigenvalue weighted by Gasteiger charge is -2.33. The molecule has 9 heteroatoms. The molecule has 3 rings (SSSR count). The number of hydrogen-bond donors (Lipinski definition) is 1. The van der Waals surface area contributed by atoms with Crippen LogP contribution in [0.1, 0.15) is 10.4 Å². The Hall–Kier alpha value is -2.58. The molecular weight excluding hydrogens is 385 g/mol. The number of carbonyl (C=O) groups excluding carboxylic acids is 2. The molecule has 1 aliphatic heterocycles. The first-order chi connectivity index (χ1) is 12.9. The lowest BCUT2D eigenvalue weighted by Crippen LogP contribution is -2.50. The predicted octanol–water partition coefficient (Wildman–Crippen LogP) is 2.92. The van der Waals surface area contributed by atoms with Gasteiger partial charge in [-0.2, -0.15) is 0 Å². The smallest absolute Gasteiger partial charge is 0.254 e. The number of morpholine rings is 1. The number of anilines is 1. The van der Waals surface area contributed by atoms with Crippen LogP contribution in [-0.2, 0) is 9.53 Å². The van der Waals surface area contributed by atoms with Crippen molar-refractivity contribution < 1.29 is 27.5 Å². The molecule has 1 saturated heterocycles. The van der Waals surface area contributed by atoms with Crippen molar-refractivity contribution in [2.24, 2.45) is 0 Å². The first kappa shape index (κ1) is 19.2. The number of halogens is 4. The van der Waals surface area contributed by atoms with Gasteiger partial charge in [-0.25, -0.2) is 13.2 Å². The Balaban J connectivity index is 1.65. The standard InChI is InChI=1S/C18H14ClF3N2O3/c19-10-2-1-3-11(6-10)24-8-12(27-9-15(24)25)7-23-18(26)13-4-5-14(20)17(22)16(13)21/h1-6,12H,7-9H2,(H,23,26). The Labute approximate surface area is 157 Å². The highest BCUT2D eigenvalue weighted by atomic mass is 35.5. The number of amides is 2. The third-order valence-electron chi connectivity index (χ3n) is 4.02. The molecule has 1 heterocycles. The highest BCUT2D eigenvalue weighted by molar-refractivity contribution is 6.30. The molecule has 27 heavy (non-hydrogen) atoms. The average Bonchev–Trinajstić information content (AvgIpc) is 2.65. The molecule has 0 aromatic heterocycles. The predicted molar refractivity (Wildman–Crippen MR) is 92.2 cm³/mol. The summed E-state index contributed by atoms with van der Waals surface area (Å²) in [5.74, 6) is -5.84. The van der Waals surface area contributed by atoms with E-state index in [1.807, 2.05) is 0 Å². The lowest BCUT2D eigenvalue weighted by molar-refractivity contribution is -0.129. The van der Waals surface area contributed by atoms with Gasteiger partial charge in [0.2, 0.25) is 0 Å². The lowest BCUT2D eigenvalue weighted by atomic mass is 10.1. The number of nitrogens with zero attached hydrogens (tertiary/aromatic N) is 1. The zero-order chi connectivity index (χ0) is 19.6. The molecule has 1 aliphatic rings. The summed E-state index contributed by atoms with van der Waals surface area (Å²) in [5.41, 5.74) is -0.0359. The molecule has 0 bridgehead atoms. The van der Waals surface area contributed by atoms with Gasteiger partial charge in [-0.15, -0.1) is 0 Å². The molecule has 2 aromatic carbocycles. The van der Waals surface area contributed by atoms with E-state index in [2.05, 4.69) is 5.32 Å². The zero-order valence-electron chi connectivity index (χ0n) is 13.8. The Morgan fingerprint density at radius 1 is 1.22 bits per heavy atom. The van der Waals surface area contributed by atoms with Crippen molar-refractivity contribution >= 4 is 29.1 Å². The average molecular weight is 399 g/mol. The number of rotatable bonds is 4. The van der Waals surface area contributed by atoms with Gasteiger partial charge in [0.15, 0.2) is 17.5 Å². The quantitative estimate of drug-likeness (QED) is 0.806. The number of ether oxygens (including phenoxy) is 1.